The predicted molar refractivity (Wildman–Crippen MR) is 70.6 cm³/mol. The third kappa shape index (κ3) is 2.85. The first-order chi connectivity index (χ1) is 8.20. The number of nitrogens with zero attached hydrogens (tertiary/aromatic N) is 2. The van der Waals surface area contributed by atoms with Crippen LogP contribution in [-0.4, -0.2) is 30.0 Å². The maximum atomic E-state index is 6.31. The third-order valence-corrected chi connectivity index (χ3v) is 3.86. The molecule has 1 fully saturated rings. The second-order valence-electron chi connectivity index (χ2n) is 5.31. The highest BCUT2D eigenvalue weighted by molar-refractivity contribution is 5.16. The summed E-state index contributed by atoms with van der Waals surface area (Å²) in [5.74, 6) is 0.558. The normalized spacial score (nSPS) is 27.1. The van der Waals surface area contributed by atoms with E-state index in [1.165, 1.54) is 24.8 Å². The molecule has 1 aliphatic carbocycles. The average molecular weight is 233 g/mol. The minimum absolute atomic E-state index is 0.330. The zero-order valence-corrected chi connectivity index (χ0v) is 10.8. The SMILES string of the molecule is CN(C)[C@@H](c1cccnc1)[C@@H]1CCCC[C@H]1N. The Morgan fingerprint density at radius 3 is 2.71 bits per heavy atom. The molecule has 1 saturated carbocycles. The van der Waals surface area contributed by atoms with Crippen LogP contribution in [0.1, 0.15) is 37.3 Å². The second-order valence-corrected chi connectivity index (χ2v) is 5.31. The van der Waals surface area contributed by atoms with Crippen LogP contribution < -0.4 is 5.73 Å². The first-order valence-electron chi connectivity index (χ1n) is 6.52. The zero-order chi connectivity index (χ0) is 12.3. The molecule has 94 valence electrons. The Bertz CT molecular complexity index is 337. The Morgan fingerprint density at radius 2 is 2.12 bits per heavy atom. The lowest BCUT2D eigenvalue weighted by Crippen LogP contribution is -2.41. The van der Waals surface area contributed by atoms with Crippen LogP contribution in [0.15, 0.2) is 24.5 Å². The van der Waals surface area contributed by atoms with Crippen molar-refractivity contribution in [3.63, 3.8) is 0 Å². The van der Waals surface area contributed by atoms with Gasteiger partial charge in [0.1, 0.15) is 0 Å². The molecule has 3 heteroatoms. The van der Waals surface area contributed by atoms with Gasteiger partial charge < -0.3 is 10.6 Å². The molecule has 1 heterocycles. The van der Waals surface area contributed by atoms with E-state index in [4.69, 9.17) is 5.73 Å². The number of nitrogens with two attached hydrogens (primary N) is 1. The summed E-state index contributed by atoms with van der Waals surface area (Å²) in [4.78, 5) is 6.52. The molecule has 1 aliphatic rings. The summed E-state index contributed by atoms with van der Waals surface area (Å²) in [5.41, 5.74) is 7.60. The van der Waals surface area contributed by atoms with Crippen LogP contribution in [0.3, 0.4) is 0 Å². The molecule has 0 amide bonds. The monoisotopic (exact) mass is 233 g/mol. The predicted octanol–water partition coefficient (Wildman–Crippen LogP) is 2.20. The van der Waals surface area contributed by atoms with Crippen molar-refractivity contribution in [1.29, 1.82) is 0 Å². The molecule has 0 saturated heterocycles. The number of pyridine rings is 1. The number of aromatic nitrogens is 1. The maximum absolute atomic E-state index is 6.31. The van der Waals surface area contributed by atoms with Gasteiger partial charge in [-0.2, -0.15) is 0 Å². The summed E-state index contributed by atoms with van der Waals surface area (Å²) in [6.07, 6.45) is 8.80. The molecular weight excluding hydrogens is 210 g/mol. The Hall–Kier alpha value is -0.930. The Morgan fingerprint density at radius 1 is 1.35 bits per heavy atom. The molecule has 3 atom stereocenters. The second kappa shape index (κ2) is 5.61. The van der Waals surface area contributed by atoms with Crippen LogP contribution in [0.25, 0.3) is 0 Å². The quantitative estimate of drug-likeness (QED) is 0.870. The van der Waals surface area contributed by atoms with Gasteiger partial charge in [0.25, 0.3) is 0 Å². The summed E-state index contributed by atoms with van der Waals surface area (Å²) in [6, 6.07) is 4.91. The minimum Gasteiger partial charge on any atom is -0.327 e. The van der Waals surface area contributed by atoms with E-state index in [0.29, 0.717) is 18.0 Å². The van der Waals surface area contributed by atoms with Gasteiger partial charge in [0.05, 0.1) is 0 Å². The van der Waals surface area contributed by atoms with Crippen LogP contribution in [-0.2, 0) is 0 Å². The molecule has 0 radical (unpaired) electrons. The molecule has 0 unspecified atom stereocenters. The standard InChI is InChI=1S/C14H23N3/c1-17(2)14(11-6-5-9-16-10-11)12-7-3-4-8-13(12)15/h5-6,9-10,12-14H,3-4,7-8,15H2,1-2H3/t12-,13-,14+/m1/s1. The van der Waals surface area contributed by atoms with Crippen LogP contribution in [0.5, 0.6) is 0 Å². The molecule has 17 heavy (non-hydrogen) atoms. The fraction of sp³-hybridized carbons (Fsp3) is 0.643. The van der Waals surface area contributed by atoms with Crippen molar-refractivity contribution in [3.8, 4) is 0 Å². The van der Waals surface area contributed by atoms with Crippen molar-refractivity contribution in [2.24, 2.45) is 11.7 Å². The summed E-state index contributed by atoms with van der Waals surface area (Å²) < 4.78 is 0. The van der Waals surface area contributed by atoms with E-state index in [-0.39, 0.29) is 0 Å². The summed E-state index contributed by atoms with van der Waals surface area (Å²) >= 11 is 0. The number of rotatable bonds is 3. The van der Waals surface area contributed by atoms with E-state index >= 15 is 0 Å². The van der Waals surface area contributed by atoms with Crippen molar-refractivity contribution in [2.75, 3.05) is 14.1 Å². The van der Waals surface area contributed by atoms with Gasteiger partial charge in [0, 0.05) is 24.5 Å². The van der Waals surface area contributed by atoms with E-state index in [2.05, 4.69) is 30.0 Å². The molecule has 0 aliphatic heterocycles. The van der Waals surface area contributed by atoms with Gasteiger partial charge in [-0.1, -0.05) is 18.9 Å². The Labute approximate surface area is 104 Å². The summed E-state index contributed by atoms with van der Waals surface area (Å²) in [6.45, 7) is 0. The fourth-order valence-corrected chi connectivity index (χ4v) is 3.06. The van der Waals surface area contributed by atoms with Gasteiger partial charge in [0.15, 0.2) is 0 Å². The average Bonchev–Trinajstić information content (AvgIpc) is 2.33. The molecule has 0 bridgehead atoms. The highest BCUT2D eigenvalue weighted by Crippen LogP contribution is 2.36. The lowest BCUT2D eigenvalue weighted by atomic mass is 9.78. The van der Waals surface area contributed by atoms with Gasteiger partial charge in [-0.15, -0.1) is 0 Å². The molecule has 2 N–H and O–H groups in total. The summed E-state index contributed by atoms with van der Waals surface area (Å²) in [5, 5.41) is 0. The molecular formula is C14H23N3. The molecule has 0 aromatic carbocycles. The molecule has 3 nitrogen and oxygen atoms in total. The maximum Gasteiger partial charge on any atom is 0.0400 e. The van der Waals surface area contributed by atoms with Gasteiger partial charge in [-0.05, 0) is 44.5 Å². The molecule has 2 rings (SSSR count). The smallest absolute Gasteiger partial charge is 0.0400 e. The van der Waals surface area contributed by atoms with Crippen LogP contribution in [0.2, 0.25) is 0 Å². The van der Waals surface area contributed by atoms with Gasteiger partial charge in [0.2, 0.25) is 0 Å². The number of hydrogen-bond donors (Lipinski definition) is 1. The van der Waals surface area contributed by atoms with Crippen LogP contribution >= 0.6 is 0 Å². The Kier molecular flexibility index (Phi) is 4.13. The fourth-order valence-electron chi connectivity index (χ4n) is 3.06. The molecule has 1 aromatic rings. The van der Waals surface area contributed by atoms with E-state index < -0.39 is 0 Å². The van der Waals surface area contributed by atoms with Crippen molar-refractivity contribution in [1.82, 2.24) is 9.88 Å². The van der Waals surface area contributed by atoms with Crippen LogP contribution in [0, 0.1) is 5.92 Å². The highest BCUT2D eigenvalue weighted by atomic mass is 15.1. The van der Waals surface area contributed by atoms with Gasteiger partial charge in [-0.25, -0.2) is 0 Å². The van der Waals surface area contributed by atoms with Crippen molar-refractivity contribution in [2.45, 2.75) is 37.8 Å². The molecule has 1 aromatic heterocycles. The summed E-state index contributed by atoms with van der Waals surface area (Å²) in [7, 11) is 4.28. The van der Waals surface area contributed by atoms with Gasteiger partial charge in [-0.3, -0.25) is 4.98 Å². The highest BCUT2D eigenvalue weighted by Gasteiger charge is 2.31. The van der Waals surface area contributed by atoms with Crippen molar-refractivity contribution in [3.05, 3.63) is 30.1 Å². The van der Waals surface area contributed by atoms with Crippen LogP contribution in [0.4, 0.5) is 0 Å². The van der Waals surface area contributed by atoms with E-state index in [9.17, 15) is 0 Å². The molecule has 0 spiro atoms. The third-order valence-electron chi connectivity index (χ3n) is 3.86. The van der Waals surface area contributed by atoms with E-state index in [1.54, 1.807) is 0 Å². The first kappa shape index (κ1) is 12.5. The number of hydrogen-bond acceptors (Lipinski definition) is 3. The zero-order valence-electron chi connectivity index (χ0n) is 10.8. The van der Waals surface area contributed by atoms with Crippen molar-refractivity contribution >= 4 is 0 Å². The lowest BCUT2D eigenvalue weighted by molar-refractivity contribution is 0.151. The van der Waals surface area contributed by atoms with E-state index in [1.807, 2.05) is 18.5 Å². The van der Waals surface area contributed by atoms with Crippen molar-refractivity contribution < 1.29 is 0 Å². The lowest BCUT2D eigenvalue weighted by Gasteiger charge is -2.38. The topological polar surface area (TPSA) is 42.2 Å². The Balaban J connectivity index is 2.22. The van der Waals surface area contributed by atoms with Gasteiger partial charge >= 0.3 is 0 Å². The minimum atomic E-state index is 0.330. The largest absolute Gasteiger partial charge is 0.327 e. The van der Waals surface area contributed by atoms with E-state index in [0.717, 1.165) is 6.42 Å². The first-order valence-corrected chi connectivity index (χ1v) is 6.52.